The van der Waals surface area contributed by atoms with Crippen LogP contribution in [0.1, 0.15) is 26.7 Å². The van der Waals surface area contributed by atoms with E-state index in [1.807, 2.05) is 0 Å². The molecule has 0 saturated carbocycles. The molecule has 1 aliphatic rings. The predicted octanol–water partition coefficient (Wildman–Crippen LogP) is 0.590. The van der Waals surface area contributed by atoms with Gasteiger partial charge in [0.1, 0.15) is 0 Å². The number of nitrogens with one attached hydrogen (secondary N) is 1. The number of aliphatic imine (C=N–C) groups is 1. The van der Waals surface area contributed by atoms with Crippen molar-refractivity contribution in [2.45, 2.75) is 26.7 Å². The third kappa shape index (κ3) is 7.31. The summed E-state index contributed by atoms with van der Waals surface area (Å²) in [5.74, 6) is 1.26. The minimum Gasteiger partial charge on any atom is -0.370 e. The normalized spacial score (nSPS) is 21.1. The highest BCUT2D eigenvalue weighted by Gasteiger charge is 2.17. The van der Waals surface area contributed by atoms with Crippen LogP contribution >= 0.6 is 24.0 Å². The monoisotopic (exact) mass is 404 g/mol. The molecule has 6 nitrogen and oxygen atoms in total. The number of guanidine groups is 1. The molecule has 1 heterocycles. The Balaban J connectivity index is 0.00000324. The SMILES string of the molecule is CCS(=O)(=O)NCCN=C(N)N1CCCC(C)C1.I. The lowest BCUT2D eigenvalue weighted by Crippen LogP contribution is -2.43. The van der Waals surface area contributed by atoms with Gasteiger partial charge in [0.15, 0.2) is 5.96 Å². The topological polar surface area (TPSA) is 87.8 Å². The molecule has 0 aromatic heterocycles. The van der Waals surface area contributed by atoms with Crippen molar-refractivity contribution in [2.24, 2.45) is 16.6 Å². The van der Waals surface area contributed by atoms with Gasteiger partial charge in [-0.1, -0.05) is 6.92 Å². The van der Waals surface area contributed by atoms with Gasteiger partial charge in [0.25, 0.3) is 0 Å². The van der Waals surface area contributed by atoms with Gasteiger partial charge in [-0.05, 0) is 25.7 Å². The first-order valence-corrected chi connectivity index (χ1v) is 8.12. The fourth-order valence-electron chi connectivity index (χ4n) is 1.97. The maximum absolute atomic E-state index is 11.2. The van der Waals surface area contributed by atoms with Crippen molar-refractivity contribution in [3.8, 4) is 0 Å². The summed E-state index contributed by atoms with van der Waals surface area (Å²) in [6.45, 7) is 6.39. The van der Waals surface area contributed by atoms with Crippen LogP contribution in [0.15, 0.2) is 4.99 Å². The predicted molar refractivity (Wildman–Crippen MR) is 89.3 cm³/mol. The van der Waals surface area contributed by atoms with Crippen molar-refractivity contribution in [1.29, 1.82) is 0 Å². The third-order valence-corrected chi connectivity index (χ3v) is 4.47. The molecule has 0 aromatic rings. The summed E-state index contributed by atoms with van der Waals surface area (Å²) in [7, 11) is -3.12. The molecule has 1 unspecified atom stereocenters. The van der Waals surface area contributed by atoms with Gasteiger partial charge in [-0.25, -0.2) is 13.1 Å². The molecule has 114 valence electrons. The van der Waals surface area contributed by atoms with Gasteiger partial charge in [-0.15, -0.1) is 24.0 Å². The summed E-state index contributed by atoms with van der Waals surface area (Å²) in [5, 5.41) is 0. The van der Waals surface area contributed by atoms with E-state index >= 15 is 0 Å². The van der Waals surface area contributed by atoms with Crippen molar-refractivity contribution in [3.05, 3.63) is 0 Å². The Morgan fingerprint density at radius 1 is 1.53 bits per heavy atom. The van der Waals surface area contributed by atoms with E-state index in [2.05, 4.69) is 21.5 Å². The second-order valence-corrected chi connectivity index (χ2v) is 6.83. The minimum absolute atomic E-state index is 0. The summed E-state index contributed by atoms with van der Waals surface area (Å²) in [6, 6.07) is 0. The summed E-state index contributed by atoms with van der Waals surface area (Å²) >= 11 is 0. The quantitative estimate of drug-likeness (QED) is 0.304. The van der Waals surface area contributed by atoms with E-state index in [-0.39, 0.29) is 29.7 Å². The Kier molecular flexibility index (Phi) is 8.92. The lowest BCUT2D eigenvalue weighted by molar-refractivity contribution is 0.270. The molecule has 0 spiro atoms. The van der Waals surface area contributed by atoms with E-state index in [1.54, 1.807) is 6.92 Å². The molecule has 3 N–H and O–H groups in total. The molecule has 0 radical (unpaired) electrons. The van der Waals surface area contributed by atoms with Gasteiger partial charge in [-0.3, -0.25) is 4.99 Å². The number of hydrogen-bond acceptors (Lipinski definition) is 3. The number of piperidine rings is 1. The molecule has 1 saturated heterocycles. The lowest BCUT2D eigenvalue weighted by Gasteiger charge is -2.31. The van der Waals surface area contributed by atoms with E-state index in [0.29, 0.717) is 25.0 Å². The number of likely N-dealkylation sites (tertiary alicyclic amines) is 1. The second-order valence-electron chi connectivity index (χ2n) is 4.73. The van der Waals surface area contributed by atoms with Crippen LogP contribution in [0.2, 0.25) is 0 Å². The second kappa shape index (κ2) is 8.96. The van der Waals surface area contributed by atoms with E-state index in [9.17, 15) is 8.42 Å². The molecule has 1 aliphatic heterocycles. The highest BCUT2D eigenvalue weighted by molar-refractivity contribution is 14.0. The third-order valence-electron chi connectivity index (χ3n) is 3.07. The molecule has 0 bridgehead atoms. The van der Waals surface area contributed by atoms with E-state index in [0.717, 1.165) is 19.5 Å². The van der Waals surface area contributed by atoms with Crippen LogP contribution in [0.25, 0.3) is 0 Å². The van der Waals surface area contributed by atoms with Crippen LogP contribution < -0.4 is 10.5 Å². The Morgan fingerprint density at radius 3 is 2.79 bits per heavy atom. The van der Waals surface area contributed by atoms with Gasteiger partial charge in [0.2, 0.25) is 10.0 Å². The molecule has 1 atom stereocenters. The average Bonchev–Trinajstić information content (AvgIpc) is 2.34. The Labute approximate surface area is 133 Å². The number of halogens is 1. The Bertz CT molecular complexity index is 386. The molecule has 1 fully saturated rings. The van der Waals surface area contributed by atoms with Gasteiger partial charge >= 0.3 is 0 Å². The first-order valence-electron chi connectivity index (χ1n) is 6.47. The highest BCUT2D eigenvalue weighted by atomic mass is 127. The van der Waals surface area contributed by atoms with E-state index in [1.165, 1.54) is 6.42 Å². The Hall–Kier alpha value is -0.0900. The maximum Gasteiger partial charge on any atom is 0.211 e. The fraction of sp³-hybridized carbons (Fsp3) is 0.909. The molecular weight excluding hydrogens is 379 g/mol. The van der Waals surface area contributed by atoms with Crippen molar-refractivity contribution >= 4 is 40.0 Å². The first kappa shape index (κ1) is 18.9. The maximum atomic E-state index is 11.2. The van der Waals surface area contributed by atoms with Gasteiger partial charge < -0.3 is 10.6 Å². The zero-order valence-electron chi connectivity index (χ0n) is 11.6. The smallest absolute Gasteiger partial charge is 0.211 e. The number of rotatable bonds is 5. The van der Waals surface area contributed by atoms with Crippen molar-refractivity contribution in [2.75, 3.05) is 31.9 Å². The summed E-state index contributed by atoms with van der Waals surface area (Å²) in [5.41, 5.74) is 5.89. The molecular formula is C11H25IN4O2S. The number of nitrogens with zero attached hydrogens (tertiary/aromatic N) is 2. The average molecular weight is 404 g/mol. The molecule has 8 heteroatoms. The molecule has 1 rings (SSSR count). The summed E-state index contributed by atoms with van der Waals surface area (Å²) in [4.78, 5) is 6.28. The van der Waals surface area contributed by atoms with Crippen molar-refractivity contribution in [1.82, 2.24) is 9.62 Å². The number of nitrogens with two attached hydrogens (primary N) is 1. The van der Waals surface area contributed by atoms with Crippen molar-refractivity contribution < 1.29 is 8.42 Å². The van der Waals surface area contributed by atoms with Crippen molar-refractivity contribution in [3.63, 3.8) is 0 Å². The molecule has 0 aliphatic carbocycles. The summed E-state index contributed by atoms with van der Waals surface area (Å²) < 4.78 is 24.8. The van der Waals surface area contributed by atoms with E-state index in [4.69, 9.17) is 5.73 Å². The highest BCUT2D eigenvalue weighted by Crippen LogP contribution is 2.14. The van der Waals surface area contributed by atoms with Crippen LogP contribution in [0, 0.1) is 5.92 Å². The van der Waals surface area contributed by atoms with Crippen LogP contribution in [0.4, 0.5) is 0 Å². The largest absolute Gasteiger partial charge is 0.370 e. The lowest BCUT2D eigenvalue weighted by atomic mass is 10.0. The van der Waals surface area contributed by atoms with Gasteiger partial charge in [0.05, 0.1) is 12.3 Å². The zero-order valence-corrected chi connectivity index (χ0v) is 14.8. The van der Waals surface area contributed by atoms with Crippen LogP contribution in [0.3, 0.4) is 0 Å². The van der Waals surface area contributed by atoms with Crippen LogP contribution in [-0.4, -0.2) is 51.2 Å². The minimum atomic E-state index is -3.12. The zero-order chi connectivity index (χ0) is 13.6. The Morgan fingerprint density at radius 2 is 2.21 bits per heavy atom. The molecule has 19 heavy (non-hydrogen) atoms. The number of sulfonamides is 1. The molecule has 0 amide bonds. The summed E-state index contributed by atoms with van der Waals surface area (Å²) in [6.07, 6.45) is 2.37. The first-order chi connectivity index (χ1) is 8.44. The standard InChI is InChI=1S/C11H24N4O2S.HI/c1-3-18(16,17)14-7-6-13-11(12)15-8-4-5-10(2)9-15;/h10,14H,3-9H2,1-2H3,(H2,12,13);1H. The molecule has 0 aromatic carbocycles. The number of hydrogen-bond donors (Lipinski definition) is 2. The van der Waals surface area contributed by atoms with Crippen LogP contribution in [0.5, 0.6) is 0 Å². The van der Waals surface area contributed by atoms with E-state index < -0.39 is 10.0 Å². The van der Waals surface area contributed by atoms with Gasteiger partial charge in [-0.2, -0.15) is 0 Å². The van der Waals surface area contributed by atoms with Gasteiger partial charge in [0, 0.05) is 19.6 Å². The van der Waals surface area contributed by atoms with Crippen LogP contribution in [-0.2, 0) is 10.0 Å². The fourth-order valence-corrected chi connectivity index (χ4v) is 2.58.